The van der Waals surface area contributed by atoms with Crippen LogP contribution < -0.4 is 5.32 Å². The molecule has 1 N–H and O–H groups in total. The summed E-state index contributed by atoms with van der Waals surface area (Å²) in [7, 11) is 2.15. The van der Waals surface area contributed by atoms with Gasteiger partial charge in [-0.1, -0.05) is 32.1 Å². The molecule has 1 spiro atoms. The van der Waals surface area contributed by atoms with Crippen LogP contribution in [-0.4, -0.2) is 47.0 Å². The summed E-state index contributed by atoms with van der Waals surface area (Å²) in [6, 6.07) is 0.406. The molecule has 5 aliphatic carbocycles. The molecule has 1 heterocycles. The first-order valence-corrected chi connectivity index (χ1v) is 11.4. The van der Waals surface area contributed by atoms with E-state index < -0.39 is 5.54 Å². The number of hydrogen-bond acceptors (Lipinski definition) is 3. The van der Waals surface area contributed by atoms with Crippen molar-refractivity contribution in [2.24, 2.45) is 23.7 Å². The standard InChI is InChI=1S/C22H35N3O2/c1-24(19-17-10-15-9-16(12-17)13-18(19)11-15)14-25-20(26)22(23-21(25)27)7-5-3-2-4-6-8-22/h15-19H,2-14H2,1H3,(H,23,27). The van der Waals surface area contributed by atoms with Crippen LogP contribution in [0.5, 0.6) is 0 Å². The van der Waals surface area contributed by atoms with E-state index in [1.165, 1.54) is 56.3 Å². The second kappa shape index (κ2) is 6.75. The molecule has 1 saturated heterocycles. The van der Waals surface area contributed by atoms with Crippen molar-refractivity contribution in [2.45, 2.75) is 88.6 Å². The summed E-state index contributed by atoms with van der Waals surface area (Å²) in [5.74, 6) is 3.51. The fourth-order valence-electron chi connectivity index (χ4n) is 7.59. The molecule has 0 radical (unpaired) electrons. The fraction of sp³-hybridized carbons (Fsp3) is 0.909. The zero-order valence-corrected chi connectivity index (χ0v) is 16.8. The van der Waals surface area contributed by atoms with Gasteiger partial charge in [-0.2, -0.15) is 0 Å². The number of carbonyl (C=O) groups is 2. The molecule has 150 valence electrons. The Hall–Kier alpha value is -1.10. The summed E-state index contributed by atoms with van der Waals surface area (Å²) in [5, 5.41) is 3.12. The van der Waals surface area contributed by atoms with E-state index in [0.717, 1.165) is 49.4 Å². The normalized spacial score (nSPS) is 40.5. The molecule has 5 nitrogen and oxygen atoms in total. The van der Waals surface area contributed by atoms with Gasteiger partial charge in [0.2, 0.25) is 0 Å². The molecule has 5 heteroatoms. The van der Waals surface area contributed by atoms with Crippen LogP contribution in [0.25, 0.3) is 0 Å². The number of rotatable bonds is 3. The van der Waals surface area contributed by atoms with Gasteiger partial charge in [-0.25, -0.2) is 9.69 Å². The van der Waals surface area contributed by atoms with Gasteiger partial charge < -0.3 is 5.32 Å². The highest BCUT2D eigenvalue weighted by molar-refractivity contribution is 6.07. The first-order chi connectivity index (χ1) is 13.1. The summed E-state index contributed by atoms with van der Waals surface area (Å²) in [4.78, 5) is 29.9. The number of urea groups is 1. The lowest BCUT2D eigenvalue weighted by Gasteiger charge is -2.56. The van der Waals surface area contributed by atoms with Crippen LogP contribution in [0.1, 0.15) is 77.0 Å². The number of carbonyl (C=O) groups excluding carboxylic acids is 2. The Kier molecular flexibility index (Phi) is 4.49. The number of nitrogens with one attached hydrogen (secondary N) is 1. The van der Waals surface area contributed by atoms with Crippen molar-refractivity contribution in [2.75, 3.05) is 13.7 Å². The molecule has 6 fully saturated rings. The molecule has 3 amide bonds. The maximum Gasteiger partial charge on any atom is 0.326 e. The van der Waals surface area contributed by atoms with E-state index in [0.29, 0.717) is 12.7 Å². The molecular formula is C22H35N3O2. The van der Waals surface area contributed by atoms with Gasteiger partial charge in [-0.05, 0) is 75.7 Å². The van der Waals surface area contributed by atoms with E-state index in [-0.39, 0.29) is 11.9 Å². The number of imide groups is 1. The monoisotopic (exact) mass is 373 g/mol. The van der Waals surface area contributed by atoms with Crippen LogP contribution in [0, 0.1) is 23.7 Å². The highest BCUT2D eigenvalue weighted by atomic mass is 16.2. The lowest BCUT2D eigenvalue weighted by Crippen LogP contribution is -2.57. The van der Waals surface area contributed by atoms with Gasteiger partial charge in [0.05, 0.1) is 6.67 Å². The largest absolute Gasteiger partial charge is 0.326 e. The molecule has 27 heavy (non-hydrogen) atoms. The van der Waals surface area contributed by atoms with Crippen LogP contribution in [0.3, 0.4) is 0 Å². The third-order valence-corrected chi connectivity index (χ3v) is 8.50. The molecule has 0 atom stereocenters. The highest BCUT2D eigenvalue weighted by Crippen LogP contribution is 2.55. The minimum absolute atomic E-state index is 0.0464. The number of amides is 3. The Balaban J connectivity index is 1.29. The molecule has 6 aliphatic rings. The van der Waals surface area contributed by atoms with Crippen LogP contribution in [0.15, 0.2) is 0 Å². The van der Waals surface area contributed by atoms with Crippen LogP contribution in [-0.2, 0) is 4.79 Å². The van der Waals surface area contributed by atoms with E-state index in [9.17, 15) is 9.59 Å². The minimum Gasteiger partial charge on any atom is -0.323 e. The Labute approximate surface area is 163 Å². The Morgan fingerprint density at radius 1 is 0.926 bits per heavy atom. The smallest absolute Gasteiger partial charge is 0.323 e. The van der Waals surface area contributed by atoms with E-state index in [2.05, 4.69) is 17.3 Å². The maximum absolute atomic E-state index is 13.3. The predicted octanol–water partition coefficient (Wildman–Crippen LogP) is 3.74. The van der Waals surface area contributed by atoms with E-state index in [4.69, 9.17) is 0 Å². The number of hydrogen-bond donors (Lipinski definition) is 1. The van der Waals surface area contributed by atoms with Gasteiger partial charge in [0, 0.05) is 6.04 Å². The topological polar surface area (TPSA) is 52.6 Å². The molecular weight excluding hydrogens is 338 g/mol. The highest BCUT2D eigenvalue weighted by Gasteiger charge is 2.53. The Morgan fingerprint density at radius 3 is 2.07 bits per heavy atom. The van der Waals surface area contributed by atoms with Crippen LogP contribution >= 0.6 is 0 Å². The van der Waals surface area contributed by atoms with Crippen molar-refractivity contribution >= 4 is 11.9 Å². The van der Waals surface area contributed by atoms with Gasteiger partial charge in [0.1, 0.15) is 5.54 Å². The predicted molar refractivity (Wildman–Crippen MR) is 104 cm³/mol. The molecule has 0 aromatic carbocycles. The van der Waals surface area contributed by atoms with Crippen molar-refractivity contribution < 1.29 is 9.59 Å². The van der Waals surface area contributed by atoms with Crippen LogP contribution in [0.2, 0.25) is 0 Å². The van der Waals surface area contributed by atoms with Crippen LogP contribution in [0.4, 0.5) is 4.79 Å². The summed E-state index contributed by atoms with van der Waals surface area (Å²) < 4.78 is 0. The van der Waals surface area contributed by atoms with Crippen molar-refractivity contribution in [3.8, 4) is 0 Å². The van der Waals surface area contributed by atoms with Gasteiger partial charge >= 0.3 is 6.03 Å². The van der Waals surface area contributed by atoms with Crippen molar-refractivity contribution in [1.82, 2.24) is 15.1 Å². The zero-order valence-electron chi connectivity index (χ0n) is 16.8. The first kappa shape index (κ1) is 18.0. The summed E-state index contributed by atoms with van der Waals surface area (Å²) >= 11 is 0. The first-order valence-electron chi connectivity index (χ1n) is 11.4. The SMILES string of the molecule is CN(CN1C(=O)NC2(CCCCCCC2)C1=O)C1C2CC3CC(C2)CC1C3. The van der Waals surface area contributed by atoms with E-state index >= 15 is 0 Å². The lowest BCUT2D eigenvalue weighted by molar-refractivity contribution is -0.135. The molecule has 1 aliphatic heterocycles. The minimum atomic E-state index is -0.609. The zero-order chi connectivity index (χ0) is 18.6. The van der Waals surface area contributed by atoms with Gasteiger partial charge in [0.25, 0.3) is 5.91 Å². The average molecular weight is 374 g/mol. The second-order valence-corrected chi connectivity index (χ2v) is 10.3. The Bertz CT molecular complexity index is 583. The fourth-order valence-corrected chi connectivity index (χ4v) is 7.59. The van der Waals surface area contributed by atoms with E-state index in [1.807, 2.05) is 0 Å². The molecule has 0 aromatic rings. The maximum atomic E-state index is 13.3. The number of nitrogens with zero attached hydrogens (tertiary/aromatic N) is 2. The van der Waals surface area contributed by atoms with Crippen molar-refractivity contribution in [3.63, 3.8) is 0 Å². The summed E-state index contributed by atoms with van der Waals surface area (Å²) in [5.41, 5.74) is -0.609. The van der Waals surface area contributed by atoms with E-state index in [1.54, 1.807) is 0 Å². The Morgan fingerprint density at radius 2 is 1.48 bits per heavy atom. The molecule has 4 bridgehead atoms. The van der Waals surface area contributed by atoms with Crippen molar-refractivity contribution in [3.05, 3.63) is 0 Å². The summed E-state index contributed by atoms with van der Waals surface area (Å²) in [6.45, 7) is 0.472. The molecule has 0 aromatic heterocycles. The van der Waals surface area contributed by atoms with Gasteiger partial charge in [-0.3, -0.25) is 9.69 Å². The molecule has 5 saturated carbocycles. The second-order valence-electron chi connectivity index (χ2n) is 10.3. The van der Waals surface area contributed by atoms with Crippen molar-refractivity contribution in [1.29, 1.82) is 0 Å². The molecule has 0 unspecified atom stereocenters. The third kappa shape index (κ3) is 3.01. The van der Waals surface area contributed by atoms with Gasteiger partial charge in [-0.15, -0.1) is 0 Å². The van der Waals surface area contributed by atoms with Gasteiger partial charge in [0.15, 0.2) is 0 Å². The molecule has 6 rings (SSSR count). The third-order valence-electron chi connectivity index (χ3n) is 8.50. The summed E-state index contributed by atoms with van der Waals surface area (Å²) in [6.07, 6.45) is 14.3. The lowest BCUT2D eigenvalue weighted by atomic mass is 9.54. The average Bonchev–Trinajstić information content (AvgIpc) is 2.82. The quantitative estimate of drug-likeness (QED) is 0.767.